The smallest absolute Gasteiger partial charge is 0.270 e. The van der Waals surface area contributed by atoms with E-state index in [4.69, 9.17) is 4.42 Å². The number of nitro benzene ring substituents is 1. The van der Waals surface area contributed by atoms with Gasteiger partial charge in [0.2, 0.25) is 11.5 Å². The Balaban J connectivity index is 2.28. The summed E-state index contributed by atoms with van der Waals surface area (Å²) in [6.45, 7) is 3.07. The molecule has 3 rings (SSSR count). The van der Waals surface area contributed by atoms with Gasteiger partial charge in [0.15, 0.2) is 0 Å². The molecule has 8 heteroatoms. The fourth-order valence-electron chi connectivity index (χ4n) is 2.50. The Kier molecular flexibility index (Phi) is 4.80. The topological polar surface area (TPSA) is 115 Å². The number of nitrogens with one attached hydrogen (secondary N) is 1. The monoisotopic (exact) mass is 365 g/mol. The number of fused-ring (bicyclic) bond motifs is 1. The van der Waals surface area contributed by atoms with Gasteiger partial charge in [0.25, 0.3) is 11.6 Å². The van der Waals surface area contributed by atoms with Crippen LogP contribution in [0.15, 0.2) is 57.9 Å². The maximum Gasteiger partial charge on any atom is 0.270 e. The van der Waals surface area contributed by atoms with Crippen LogP contribution in [0, 0.1) is 17.0 Å². The van der Waals surface area contributed by atoms with E-state index in [0.29, 0.717) is 16.7 Å². The maximum atomic E-state index is 12.4. The van der Waals surface area contributed by atoms with Crippen molar-refractivity contribution in [2.24, 2.45) is 4.99 Å². The van der Waals surface area contributed by atoms with Crippen LogP contribution in [0.5, 0.6) is 0 Å². The lowest BCUT2D eigenvalue weighted by Gasteiger charge is -2.05. The largest absolute Gasteiger partial charge is 0.438 e. The van der Waals surface area contributed by atoms with Crippen molar-refractivity contribution in [1.82, 2.24) is 5.32 Å². The minimum atomic E-state index is -0.702. The summed E-state index contributed by atoms with van der Waals surface area (Å²) in [6.07, 6.45) is 0. The summed E-state index contributed by atoms with van der Waals surface area (Å²) >= 11 is 0. The molecular formula is C19H15N3O5. The number of imide groups is 1. The number of benzene rings is 2. The van der Waals surface area contributed by atoms with Crippen LogP contribution in [0.25, 0.3) is 11.0 Å². The first-order valence-electron chi connectivity index (χ1n) is 8.00. The van der Waals surface area contributed by atoms with Crippen LogP contribution in [-0.2, 0) is 4.79 Å². The Hall–Kier alpha value is -3.81. The number of nitro groups is 1. The number of hydrogen-bond donors (Lipinski definition) is 1. The van der Waals surface area contributed by atoms with E-state index >= 15 is 0 Å². The first-order valence-corrected chi connectivity index (χ1v) is 8.00. The van der Waals surface area contributed by atoms with Crippen LogP contribution < -0.4 is 10.9 Å². The number of rotatable bonds is 3. The predicted octanol–water partition coefficient (Wildman–Crippen LogP) is 3.16. The molecule has 0 atom stereocenters. The van der Waals surface area contributed by atoms with Gasteiger partial charge in [-0.15, -0.1) is 0 Å². The van der Waals surface area contributed by atoms with Crippen LogP contribution in [0.2, 0.25) is 0 Å². The Labute approximate surface area is 153 Å². The van der Waals surface area contributed by atoms with Gasteiger partial charge >= 0.3 is 0 Å². The predicted molar refractivity (Wildman–Crippen MR) is 97.4 cm³/mol. The number of nitrogens with zero attached hydrogens (tertiary/aromatic N) is 2. The second-order valence-corrected chi connectivity index (χ2v) is 5.85. The molecule has 0 fully saturated rings. The van der Waals surface area contributed by atoms with Gasteiger partial charge in [-0.25, -0.2) is 4.99 Å². The van der Waals surface area contributed by atoms with Crippen LogP contribution in [0.1, 0.15) is 22.8 Å². The van der Waals surface area contributed by atoms with Crippen LogP contribution in [0.4, 0.5) is 11.4 Å². The summed E-state index contributed by atoms with van der Waals surface area (Å²) in [7, 11) is 0. The number of carbonyl (C=O) groups excluding carboxylic acids is 2. The summed E-state index contributed by atoms with van der Waals surface area (Å²) in [5.74, 6) is -1.24. The van der Waals surface area contributed by atoms with Gasteiger partial charge in [-0.1, -0.05) is 18.2 Å². The molecule has 2 aromatic carbocycles. The highest BCUT2D eigenvalue weighted by Gasteiger charge is 2.16. The Bertz CT molecular complexity index is 1150. The highest BCUT2D eigenvalue weighted by atomic mass is 16.6. The molecule has 0 unspecified atom stereocenters. The first-order chi connectivity index (χ1) is 12.8. The number of non-ortho nitro benzene ring substituents is 1. The van der Waals surface area contributed by atoms with E-state index in [1.165, 1.54) is 31.2 Å². The van der Waals surface area contributed by atoms with Gasteiger partial charge in [0, 0.05) is 24.4 Å². The van der Waals surface area contributed by atoms with Crippen LogP contribution >= 0.6 is 0 Å². The molecule has 8 nitrogen and oxygen atoms in total. The molecule has 1 N–H and O–H groups in total. The molecule has 0 aliphatic heterocycles. The van der Waals surface area contributed by atoms with Crippen LogP contribution in [-0.4, -0.2) is 16.7 Å². The zero-order valence-corrected chi connectivity index (χ0v) is 14.6. The maximum absolute atomic E-state index is 12.4. The molecule has 0 aliphatic carbocycles. The standard InChI is InChI=1S/C19H15N3O5/c1-11-5-3-4-6-16(11)21-19-15(18(24)20-12(2)23)10-13-9-14(22(25)26)7-8-17(13)27-19/h3-10H,1-2H3,(H,20,23,24). The summed E-state index contributed by atoms with van der Waals surface area (Å²) < 4.78 is 5.73. The van der Waals surface area contributed by atoms with Crippen molar-refractivity contribution < 1.29 is 18.9 Å². The van der Waals surface area contributed by atoms with Gasteiger partial charge in [-0.05, 0) is 30.7 Å². The minimum Gasteiger partial charge on any atom is -0.438 e. The van der Waals surface area contributed by atoms with E-state index in [0.717, 1.165) is 5.56 Å². The Morgan fingerprint density at radius 3 is 2.56 bits per heavy atom. The van der Waals surface area contributed by atoms with Gasteiger partial charge in [0.1, 0.15) is 11.1 Å². The number of carbonyl (C=O) groups is 2. The average molecular weight is 365 g/mol. The fraction of sp³-hybridized carbons (Fsp3) is 0.105. The molecule has 1 aromatic heterocycles. The van der Waals surface area contributed by atoms with Crippen molar-refractivity contribution in [3.63, 3.8) is 0 Å². The van der Waals surface area contributed by atoms with Crippen molar-refractivity contribution in [3.05, 3.63) is 75.3 Å². The molecule has 3 aromatic rings. The lowest BCUT2D eigenvalue weighted by Crippen LogP contribution is -2.32. The van der Waals surface area contributed by atoms with Crippen molar-refractivity contribution in [1.29, 1.82) is 0 Å². The van der Waals surface area contributed by atoms with E-state index < -0.39 is 16.7 Å². The van der Waals surface area contributed by atoms with Crippen molar-refractivity contribution >= 4 is 34.2 Å². The van der Waals surface area contributed by atoms with Gasteiger partial charge in [-0.3, -0.25) is 25.0 Å². The quantitative estimate of drug-likeness (QED) is 0.565. The molecule has 0 saturated heterocycles. The third-order valence-electron chi connectivity index (χ3n) is 3.81. The molecule has 0 bridgehead atoms. The van der Waals surface area contributed by atoms with Crippen LogP contribution in [0.3, 0.4) is 0 Å². The van der Waals surface area contributed by atoms with Crippen molar-refractivity contribution in [2.45, 2.75) is 13.8 Å². The van der Waals surface area contributed by atoms with E-state index in [2.05, 4.69) is 10.3 Å². The average Bonchev–Trinajstić information content (AvgIpc) is 2.62. The second kappa shape index (κ2) is 7.20. The third kappa shape index (κ3) is 3.90. The summed E-state index contributed by atoms with van der Waals surface area (Å²) in [4.78, 5) is 38.6. The Morgan fingerprint density at radius 2 is 1.89 bits per heavy atom. The second-order valence-electron chi connectivity index (χ2n) is 5.85. The van der Waals surface area contributed by atoms with Crippen molar-refractivity contribution in [3.8, 4) is 0 Å². The molecule has 0 saturated carbocycles. The third-order valence-corrected chi connectivity index (χ3v) is 3.81. The summed E-state index contributed by atoms with van der Waals surface area (Å²) in [5.41, 5.74) is 1.66. The summed E-state index contributed by atoms with van der Waals surface area (Å²) in [5, 5.41) is 13.5. The number of amides is 2. The molecule has 136 valence electrons. The highest BCUT2D eigenvalue weighted by molar-refractivity contribution is 6.05. The first kappa shape index (κ1) is 18.0. The molecule has 27 heavy (non-hydrogen) atoms. The SMILES string of the molecule is CC(=O)NC(=O)c1cc2cc([N+](=O)[O-])ccc2oc1=Nc1ccccc1C. The fourth-order valence-corrected chi connectivity index (χ4v) is 2.50. The lowest BCUT2D eigenvalue weighted by molar-refractivity contribution is -0.384. The van der Waals surface area contributed by atoms with E-state index in [1.807, 2.05) is 19.1 Å². The zero-order valence-electron chi connectivity index (χ0n) is 14.6. The van der Waals surface area contributed by atoms with Crippen molar-refractivity contribution in [2.75, 3.05) is 0 Å². The molecular weight excluding hydrogens is 350 g/mol. The zero-order chi connectivity index (χ0) is 19.6. The van der Waals surface area contributed by atoms with E-state index in [-0.39, 0.29) is 16.8 Å². The number of hydrogen-bond acceptors (Lipinski definition) is 6. The molecule has 1 heterocycles. The van der Waals surface area contributed by atoms with Gasteiger partial charge in [-0.2, -0.15) is 0 Å². The van der Waals surface area contributed by atoms with E-state index in [1.54, 1.807) is 12.1 Å². The summed E-state index contributed by atoms with van der Waals surface area (Å²) in [6, 6.07) is 12.7. The number of para-hydroxylation sites is 1. The van der Waals surface area contributed by atoms with E-state index in [9.17, 15) is 19.7 Å². The number of aryl methyl sites for hydroxylation is 1. The molecule has 0 aliphatic rings. The van der Waals surface area contributed by atoms with Gasteiger partial charge in [0.05, 0.1) is 10.6 Å². The minimum absolute atomic E-state index is 0.00134. The normalized spacial score (nSPS) is 11.4. The highest BCUT2D eigenvalue weighted by Crippen LogP contribution is 2.22. The molecule has 0 radical (unpaired) electrons. The molecule has 2 amide bonds. The van der Waals surface area contributed by atoms with Gasteiger partial charge < -0.3 is 4.42 Å². The lowest BCUT2D eigenvalue weighted by atomic mass is 10.1. The molecule has 0 spiro atoms. The Morgan fingerprint density at radius 1 is 1.15 bits per heavy atom.